The van der Waals surface area contributed by atoms with E-state index in [1.807, 2.05) is 91.0 Å². The quantitative estimate of drug-likeness (QED) is 0.115. The summed E-state index contributed by atoms with van der Waals surface area (Å²) >= 11 is 0. The summed E-state index contributed by atoms with van der Waals surface area (Å²) in [6.07, 6.45) is 7.19. The third-order valence-corrected chi connectivity index (χ3v) is 8.35. The van der Waals surface area contributed by atoms with Crippen molar-refractivity contribution >= 4 is 28.7 Å². The SMILES string of the molecule is CCCCCCNC(=O)N(Cc1ccccc1)c1ccc2nc(CCCC)n(Cc3ccc(-c4ccccc4)c(C(=O)O)c3)c2c1. The van der Waals surface area contributed by atoms with Gasteiger partial charge in [0.05, 0.1) is 23.1 Å². The van der Waals surface area contributed by atoms with Crippen LogP contribution in [-0.2, 0) is 19.5 Å². The average molecular weight is 617 g/mol. The Hall–Kier alpha value is -4.91. The van der Waals surface area contributed by atoms with Crippen LogP contribution in [0.2, 0.25) is 0 Å². The maximum absolute atomic E-state index is 13.6. The number of benzene rings is 4. The fraction of sp³-hybridized carbons (Fsp3) is 0.308. The predicted octanol–water partition coefficient (Wildman–Crippen LogP) is 9.09. The van der Waals surface area contributed by atoms with Crippen molar-refractivity contribution in [2.75, 3.05) is 11.4 Å². The maximum Gasteiger partial charge on any atom is 0.336 e. The number of fused-ring (bicyclic) bond motifs is 1. The number of hydrogen-bond acceptors (Lipinski definition) is 3. The Bertz CT molecular complexity index is 1750. The second-order valence-electron chi connectivity index (χ2n) is 11.8. The normalized spacial score (nSPS) is 11.1. The van der Waals surface area contributed by atoms with Gasteiger partial charge in [-0.1, -0.05) is 112 Å². The molecule has 0 aliphatic rings. The lowest BCUT2D eigenvalue weighted by atomic mass is 9.97. The molecule has 7 heteroatoms. The van der Waals surface area contributed by atoms with Gasteiger partial charge >= 0.3 is 12.0 Å². The molecule has 1 heterocycles. The second-order valence-corrected chi connectivity index (χ2v) is 11.8. The maximum atomic E-state index is 13.6. The molecule has 238 valence electrons. The van der Waals surface area contributed by atoms with E-state index in [1.165, 1.54) is 0 Å². The fourth-order valence-electron chi connectivity index (χ4n) is 5.84. The standard InChI is InChI=1S/C39H44N4O3/c1-3-5-7-14-24-40-39(46)42(27-29-15-10-8-11-16-29)32-21-23-35-36(26-32)43(37(41-35)19-6-4-2)28-30-20-22-33(34(25-30)38(44)45)31-17-12-9-13-18-31/h8-13,15-18,20-23,25-26H,3-7,14,19,24,27-28H2,1-2H3,(H,40,46)(H,44,45). The molecule has 0 aliphatic carbocycles. The Morgan fingerprint density at radius 2 is 1.54 bits per heavy atom. The van der Waals surface area contributed by atoms with Gasteiger partial charge in [-0.25, -0.2) is 14.6 Å². The fourth-order valence-corrected chi connectivity index (χ4v) is 5.84. The van der Waals surface area contributed by atoms with E-state index in [1.54, 1.807) is 11.0 Å². The van der Waals surface area contributed by atoms with Crippen LogP contribution in [0.4, 0.5) is 10.5 Å². The molecule has 2 N–H and O–H groups in total. The number of urea groups is 1. The van der Waals surface area contributed by atoms with Crippen molar-refractivity contribution in [2.24, 2.45) is 0 Å². The summed E-state index contributed by atoms with van der Waals surface area (Å²) in [6, 6.07) is 31.2. The first-order valence-corrected chi connectivity index (χ1v) is 16.5. The molecular formula is C39H44N4O3. The lowest BCUT2D eigenvalue weighted by Gasteiger charge is -2.24. The van der Waals surface area contributed by atoms with Crippen molar-refractivity contribution in [1.29, 1.82) is 0 Å². The number of aromatic carboxylic acids is 1. The number of carbonyl (C=O) groups is 2. The number of aromatic nitrogens is 2. The molecule has 2 amide bonds. The highest BCUT2D eigenvalue weighted by molar-refractivity contribution is 5.96. The summed E-state index contributed by atoms with van der Waals surface area (Å²) in [5.41, 5.74) is 6.32. The summed E-state index contributed by atoms with van der Waals surface area (Å²) in [7, 11) is 0. The van der Waals surface area contributed by atoms with Crippen molar-refractivity contribution < 1.29 is 14.7 Å². The molecule has 0 fully saturated rings. The van der Waals surface area contributed by atoms with Crippen LogP contribution < -0.4 is 10.2 Å². The Morgan fingerprint density at radius 3 is 2.26 bits per heavy atom. The number of anilines is 1. The van der Waals surface area contributed by atoms with Crippen molar-refractivity contribution in [3.8, 4) is 11.1 Å². The van der Waals surface area contributed by atoms with E-state index < -0.39 is 5.97 Å². The van der Waals surface area contributed by atoms with Crippen molar-refractivity contribution in [2.45, 2.75) is 71.9 Å². The molecule has 0 radical (unpaired) electrons. The first-order valence-electron chi connectivity index (χ1n) is 16.5. The summed E-state index contributed by atoms with van der Waals surface area (Å²) < 4.78 is 2.18. The zero-order valence-corrected chi connectivity index (χ0v) is 26.9. The third kappa shape index (κ3) is 8.02. The van der Waals surface area contributed by atoms with E-state index in [9.17, 15) is 14.7 Å². The highest BCUT2D eigenvalue weighted by Crippen LogP contribution is 2.29. The minimum atomic E-state index is -0.957. The van der Waals surface area contributed by atoms with Crippen LogP contribution in [0, 0.1) is 0 Å². The average Bonchev–Trinajstić information content (AvgIpc) is 3.42. The summed E-state index contributed by atoms with van der Waals surface area (Å²) in [5, 5.41) is 13.3. The largest absolute Gasteiger partial charge is 0.478 e. The van der Waals surface area contributed by atoms with Crippen molar-refractivity contribution in [3.05, 3.63) is 120 Å². The number of carbonyl (C=O) groups excluding carboxylic acids is 1. The molecule has 0 saturated carbocycles. The number of nitrogens with one attached hydrogen (secondary N) is 1. The third-order valence-electron chi connectivity index (χ3n) is 8.35. The van der Waals surface area contributed by atoms with Gasteiger partial charge < -0.3 is 15.0 Å². The molecule has 7 nitrogen and oxygen atoms in total. The molecular weight excluding hydrogens is 572 g/mol. The van der Waals surface area contributed by atoms with Crippen LogP contribution in [0.1, 0.15) is 79.7 Å². The number of carboxylic acids is 1. The molecule has 46 heavy (non-hydrogen) atoms. The Labute approximate surface area is 271 Å². The number of amides is 2. The lowest BCUT2D eigenvalue weighted by molar-refractivity contribution is 0.0697. The first kappa shape index (κ1) is 32.5. The van der Waals surface area contributed by atoms with E-state index in [0.29, 0.717) is 25.2 Å². The number of imidazole rings is 1. The van der Waals surface area contributed by atoms with Crippen molar-refractivity contribution in [1.82, 2.24) is 14.9 Å². The summed E-state index contributed by atoms with van der Waals surface area (Å²) in [5.74, 6) is -0.00468. The topological polar surface area (TPSA) is 87.5 Å². The molecule has 0 aliphatic heterocycles. The zero-order chi connectivity index (χ0) is 32.3. The van der Waals surface area contributed by atoms with Crippen LogP contribution in [0.25, 0.3) is 22.2 Å². The van der Waals surface area contributed by atoms with Crippen LogP contribution in [0.3, 0.4) is 0 Å². The highest BCUT2D eigenvalue weighted by atomic mass is 16.4. The van der Waals surface area contributed by atoms with Gasteiger partial charge in [0, 0.05) is 25.2 Å². The molecule has 0 saturated heterocycles. The Morgan fingerprint density at radius 1 is 0.804 bits per heavy atom. The Kier molecular flexibility index (Phi) is 11.2. The van der Waals surface area contributed by atoms with Gasteiger partial charge in [0.15, 0.2) is 0 Å². The molecule has 5 rings (SSSR count). The van der Waals surface area contributed by atoms with Crippen LogP contribution >= 0.6 is 0 Å². The molecule has 1 aromatic heterocycles. The number of nitrogens with zero attached hydrogens (tertiary/aromatic N) is 3. The lowest BCUT2D eigenvalue weighted by Crippen LogP contribution is -2.40. The zero-order valence-electron chi connectivity index (χ0n) is 26.9. The number of carboxylic acid groups (broad SMARTS) is 1. The van der Waals surface area contributed by atoms with Crippen LogP contribution in [-0.4, -0.2) is 33.2 Å². The van der Waals surface area contributed by atoms with E-state index in [0.717, 1.165) is 84.2 Å². The molecule has 4 aromatic carbocycles. The smallest absolute Gasteiger partial charge is 0.336 e. The van der Waals surface area contributed by atoms with Crippen LogP contribution in [0.15, 0.2) is 97.1 Å². The van der Waals surface area contributed by atoms with Gasteiger partial charge in [-0.05, 0) is 59.4 Å². The van der Waals surface area contributed by atoms with Gasteiger partial charge in [-0.2, -0.15) is 0 Å². The number of unbranched alkanes of at least 4 members (excludes halogenated alkanes) is 4. The number of aryl methyl sites for hydroxylation is 1. The van der Waals surface area contributed by atoms with Gasteiger partial charge in [0.1, 0.15) is 5.82 Å². The van der Waals surface area contributed by atoms with Gasteiger partial charge in [-0.15, -0.1) is 0 Å². The van der Waals surface area contributed by atoms with E-state index in [4.69, 9.17) is 4.98 Å². The predicted molar refractivity (Wildman–Crippen MR) is 186 cm³/mol. The minimum absolute atomic E-state index is 0.125. The first-order chi connectivity index (χ1) is 22.5. The van der Waals surface area contributed by atoms with E-state index >= 15 is 0 Å². The monoisotopic (exact) mass is 616 g/mol. The van der Waals surface area contributed by atoms with Gasteiger partial charge in [0.25, 0.3) is 0 Å². The number of hydrogen-bond donors (Lipinski definition) is 2. The summed E-state index contributed by atoms with van der Waals surface area (Å²) in [6.45, 7) is 5.88. The Balaban J connectivity index is 1.51. The van der Waals surface area contributed by atoms with Gasteiger partial charge in [-0.3, -0.25) is 4.90 Å². The van der Waals surface area contributed by atoms with E-state index in [-0.39, 0.29) is 11.6 Å². The number of rotatable bonds is 15. The van der Waals surface area contributed by atoms with Crippen molar-refractivity contribution in [3.63, 3.8) is 0 Å². The van der Waals surface area contributed by atoms with Crippen LogP contribution in [0.5, 0.6) is 0 Å². The molecule has 5 aromatic rings. The van der Waals surface area contributed by atoms with E-state index in [2.05, 4.69) is 23.7 Å². The molecule has 0 unspecified atom stereocenters. The molecule has 0 bridgehead atoms. The molecule has 0 atom stereocenters. The summed E-state index contributed by atoms with van der Waals surface area (Å²) in [4.78, 5) is 32.8. The second kappa shape index (κ2) is 15.9. The minimum Gasteiger partial charge on any atom is -0.478 e. The highest BCUT2D eigenvalue weighted by Gasteiger charge is 2.20. The molecule has 0 spiro atoms. The van der Waals surface area contributed by atoms with Gasteiger partial charge in [0.2, 0.25) is 0 Å².